The van der Waals surface area contributed by atoms with Gasteiger partial charge >= 0.3 is 0 Å². The predicted molar refractivity (Wildman–Crippen MR) is 83.0 cm³/mol. The van der Waals surface area contributed by atoms with Crippen molar-refractivity contribution < 1.29 is 0 Å². The molecule has 1 aromatic carbocycles. The lowest BCUT2D eigenvalue weighted by Crippen LogP contribution is -1.98. The SMILES string of the molecule is Brc1cc(C(Br)(Br)Br)cc(Br)c1I. The molecule has 0 aliphatic heterocycles. The number of halogens is 6. The van der Waals surface area contributed by atoms with Crippen molar-refractivity contribution in [1.82, 2.24) is 0 Å². The third-order valence-electron chi connectivity index (χ3n) is 1.31. The van der Waals surface area contributed by atoms with Crippen molar-refractivity contribution in [2.24, 2.45) is 0 Å². The normalized spacial score (nSPS) is 11.8. The van der Waals surface area contributed by atoms with Crippen LogP contribution in [0, 0.1) is 3.57 Å². The minimum absolute atomic E-state index is 0.359. The fourth-order valence-corrected chi connectivity index (χ4v) is 2.90. The molecular weight excluding hydrogens is 611 g/mol. The molecule has 0 nitrogen and oxygen atoms in total. The summed E-state index contributed by atoms with van der Waals surface area (Å²) in [4.78, 5) is 0. The summed E-state index contributed by atoms with van der Waals surface area (Å²) in [5.41, 5.74) is 1.09. The van der Waals surface area contributed by atoms with Gasteiger partial charge in [-0.25, -0.2) is 0 Å². The first-order chi connectivity index (χ1) is 5.82. The zero-order chi connectivity index (χ0) is 10.2. The maximum absolute atomic E-state index is 3.49. The molecule has 0 aliphatic rings. The van der Waals surface area contributed by atoms with E-state index in [4.69, 9.17) is 0 Å². The zero-order valence-corrected chi connectivity index (χ0v) is 16.0. The Kier molecular flexibility index (Phi) is 5.28. The second-order valence-electron chi connectivity index (χ2n) is 2.25. The highest BCUT2D eigenvalue weighted by Crippen LogP contribution is 2.46. The summed E-state index contributed by atoms with van der Waals surface area (Å²) in [5, 5.41) is 0. The molecule has 13 heavy (non-hydrogen) atoms. The molecule has 1 aromatic rings. The molecule has 0 saturated heterocycles. The standard InChI is InChI=1S/C7H2Br5I/c8-4-1-3(7(10,11)12)2-5(9)6(4)13/h1-2H. The van der Waals surface area contributed by atoms with E-state index in [1.807, 2.05) is 12.1 Å². The van der Waals surface area contributed by atoms with Crippen LogP contribution in [0.4, 0.5) is 0 Å². The van der Waals surface area contributed by atoms with Gasteiger partial charge in [0.25, 0.3) is 0 Å². The zero-order valence-electron chi connectivity index (χ0n) is 5.92. The lowest BCUT2D eigenvalue weighted by molar-refractivity contribution is 1.33. The highest BCUT2D eigenvalue weighted by molar-refractivity contribution is 14.1. The molecule has 1 rings (SSSR count). The number of hydrogen-bond donors (Lipinski definition) is 0. The first-order valence-corrected chi connectivity index (χ1v) is 8.08. The van der Waals surface area contributed by atoms with Crippen LogP contribution >= 0.6 is 102 Å². The number of rotatable bonds is 0. The second kappa shape index (κ2) is 5.12. The molecular formula is C7H2Br5I. The van der Waals surface area contributed by atoms with E-state index >= 15 is 0 Å². The lowest BCUT2D eigenvalue weighted by atomic mass is 10.2. The summed E-state index contributed by atoms with van der Waals surface area (Å²) in [6.07, 6.45) is 0. The summed E-state index contributed by atoms with van der Waals surface area (Å²) in [6.45, 7) is 0. The molecule has 0 atom stereocenters. The second-order valence-corrected chi connectivity index (χ2v) is 11.8. The van der Waals surface area contributed by atoms with E-state index in [0.29, 0.717) is 0 Å². The van der Waals surface area contributed by atoms with Crippen LogP contribution in [0.15, 0.2) is 21.1 Å². The van der Waals surface area contributed by atoms with Gasteiger partial charge in [0, 0.05) is 12.5 Å². The minimum Gasteiger partial charge on any atom is -0.0546 e. The molecule has 0 radical (unpaired) electrons. The van der Waals surface area contributed by atoms with Crippen LogP contribution in [-0.2, 0) is 2.14 Å². The molecule has 72 valence electrons. The summed E-state index contributed by atoms with van der Waals surface area (Å²) < 4.78 is 2.95. The fourth-order valence-electron chi connectivity index (χ4n) is 0.719. The molecule has 6 heteroatoms. The third-order valence-corrected chi connectivity index (χ3v) is 6.58. The van der Waals surface area contributed by atoms with Gasteiger partial charge in [-0.1, -0.05) is 47.8 Å². The molecule has 0 bridgehead atoms. The number of hydrogen-bond acceptors (Lipinski definition) is 0. The first-order valence-electron chi connectivity index (χ1n) is 3.04. The molecule has 0 unspecified atom stereocenters. The van der Waals surface area contributed by atoms with E-state index in [-0.39, 0.29) is 2.14 Å². The Balaban J connectivity index is 3.29. The van der Waals surface area contributed by atoms with E-state index in [0.717, 1.165) is 18.1 Å². The van der Waals surface area contributed by atoms with Gasteiger partial charge in [0.05, 0.1) is 0 Å². The van der Waals surface area contributed by atoms with Gasteiger partial charge in [0.15, 0.2) is 2.14 Å². The predicted octanol–water partition coefficient (Wildman–Crippen LogP) is 6.11. The van der Waals surface area contributed by atoms with Gasteiger partial charge in [-0.15, -0.1) is 0 Å². The van der Waals surface area contributed by atoms with Crippen molar-refractivity contribution in [2.45, 2.75) is 2.14 Å². The Labute approximate surface area is 132 Å². The van der Waals surface area contributed by atoms with Gasteiger partial charge in [-0.2, -0.15) is 0 Å². The van der Waals surface area contributed by atoms with Gasteiger partial charge in [-0.3, -0.25) is 0 Å². The van der Waals surface area contributed by atoms with Crippen LogP contribution < -0.4 is 0 Å². The third kappa shape index (κ3) is 3.69. The maximum Gasteiger partial charge on any atom is 0.159 e. The van der Waals surface area contributed by atoms with Crippen molar-refractivity contribution in [1.29, 1.82) is 0 Å². The highest BCUT2D eigenvalue weighted by atomic mass is 127. The number of benzene rings is 1. The Morgan fingerprint density at radius 1 is 1.00 bits per heavy atom. The monoisotopic (exact) mass is 608 g/mol. The molecule has 0 spiro atoms. The number of alkyl halides is 3. The van der Waals surface area contributed by atoms with E-state index in [1.54, 1.807) is 0 Å². The van der Waals surface area contributed by atoms with Gasteiger partial charge in [0.1, 0.15) is 0 Å². The highest BCUT2D eigenvalue weighted by Gasteiger charge is 2.22. The van der Waals surface area contributed by atoms with Crippen molar-refractivity contribution in [2.75, 3.05) is 0 Å². The van der Waals surface area contributed by atoms with Crippen LogP contribution in [0.5, 0.6) is 0 Å². The van der Waals surface area contributed by atoms with Crippen molar-refractivity contribution >= 4 is 102 Å². The molecule has 0 fully saturated rings. The van der Waals surface area contributed by atoms with Crippen LogP contribution in [0.2, 0.25) is 0 Å². The summed E-state index contributed by atoms with van der Waals surface area (Å²) >= 11 is 19.7. The van der Waals surface area contributed by atoms with Crippen molar-refractivity contribution in [3.8, 4) is 0 Å². The molecule has 0 heterocycles. The average Bonchev–Trinajstić information content (AvgIpc) is 1.97. The Bertz CT molecular complexity index is 307. The molecule has 0 amide bonds. The van der Waals surface area contributed by atoms with Crippen LogP contribution in [-0.4, -0.2) is 0 Å². The van der Waals surface area contributed by atoms with Crippen molar-refractivity contribution in [3.05, 3.63) is 30.2 Å². The first kappa shape index (κ1) is 13.4. The summed E-state index contributed by atoms with van der Waals surface area (Å²) in [5.74, 6) is 0. The maximum atomic E-state index is 3.49. The van der Waals surface area contributed by atoms with E-state index in [2.05, 4.69) is 102 Å². The van der Waals surface area contributed by atoms with E-state index in [1.165, 1.54) is 0 Å². The summed E-state index contributed by atoms with van der Waals surface area (Å²) in [6, 6.07) is 4.09. The smallest absolute Gasteiger partial charge is 0.0546 e. The van der Waals surface area contributed by atoms with E-state index in [9.17, 15) is 0 Å². The fraction of sp³-hybridized carbons (Fsp3) is 0.143. The lowest BCUT2D eigenvalue weighted by Gasteiger charge is -2.14. The van der Waals surface area contributed by atoms with Crippen LogP contribution in [0.25, 0.3) is 0 Å². The van der Waals surface area contributed by atoms with Crippen LogP contribution in [0.3, 0.4) is 0 Å². The molecule has 0 saturated carbocycles. The summed E-state index contributed by atoms with van der Waals surface area (Å²) in [7, 11) is 0. The molecule has 0 N–H and O–H groups in total. The largest absolute Gasteiger partial charge is 0.159 e. The minimum atomic E-state index is -0.359. The Morgan fingerprint density at radius 3 is 1.69 bits per heavy atom. The molecule has 0 aromatic heterocycles. The van der Waals surface area contributed by atoms with Crippen LogP contribution in [0.1, 0.15) is 5.56 Å². The van der Waals surface area contributed by atoms with Gasteiger partial charge in [-0.05, 0) is 72.1 Å². The van der Waals surface area contributed by atoms with E-state index < -0.39 is 0 Å². The Morgan fingerprint density at radius 2 is 1.38 bits per heavy atom. The van der Waals surface area contributed by atoms with Gasteiger partial charge < -0.3 is 0 Å². The van der Waals surface area contributed by atoms with Gasteiger partial charge in [0.2, 0.25) is 0 Å². The van der Waals surface area contributed by atoms with Crippen molar-refractivity contribution in [3.63, 3.8) is 0 Å². The molecule has 0 aliphatic carbocycles. The Hall–Kier alpha value is 2.35. The topological polar surface area (TPSA) is 0 Å². The quantitative estimate of drug-likeness (QED) is 0.189. The average molecular weight is 613 g/mol.